The van der Waals surface area contributed by atoms with Gasteiger partial charge in [0.1, 0.15) is 0 Å². The van der Waals surface area contributed by atoms with Crippen molar-refractivity contribution < 1.29 is 23.9 Å². The number of ether oxygens (including phenoxy) is 2. The number of nitrogens with zero attached hydrogens (tertiary/aromatic N) is 1. The molecule has 6 heteroatoms. The number of hydrogen-bond acceptors (Lipinski definition) is 5. The van der Waals surface area contributed by atoms with Crippen molar-refractivity contribution >= 4 is 17.8 Å². The van der Waals surface area contributed by atoms with Crippen LogP contribution in [0.1, 0.15) is 40.5 Å². The van der Waals surface area contributed by atoms with Crippen LogP contribution >= 0.6 is 0 Å². The summed E-state index contributed by atoms with van der Waals surface area (Å²) in [5, 5.41) is 0. The zero-order valence-corrected chi connectivity index (χ0v) is 18.6. The van der Waals surface area contributed by atoms with Crippen LogP contribution in [0.3, 0.4) is 0 Å². The molecule has 34 heavy (non-hydrogen) atoms. The number of para-hydroxylation sites is 2. The summed E-state index contributed by atoms with van der Waals surface area (Å²) in [5.41, 5.74) is 4.52. The van der Waals surface area contributed by atoms with Crippen LogP contribution in [0, 0.1) is 11.8 Å². The molecule has 7 rings (SSSR count). The van der Waals surface area contributed by atoms with E-state index >= 15 is 0 Å². The second-order valence-electron chi connectivity index (χ2n) is 8.97. The van der Waals surface area contributed by atoms with E-state index in [0.717, 1.165) is 22.3 Å². The molecule has 170 valence electrons. The summed E-state index contributed by atoms with van der Waals surface area (Å²) >= 11 is 0. The highest BCUT2D eigenvalue weighted by atomic mass is 16.6. The number of rotatable bonds is 5. The van der Waals surface area contributed by atoms with Crippen LogP contribution < -0.4 is 9.47 Å². The third kappa shape index (κ3) is 2.91. The normalized spacial score (nSPS) is 23.9. The number of carbonyl (C=O) groups is 3. The van der Waals surface area contributed by atoms with Gasteiger partial charge in [-0.2, -0.15) is 0 Å². The summed E-state index contributed by atoms with van der Waals surface area (Å²) in [7, 11) is 1.50. The van der Waals surface area contributed by atoms with Crippen LogP contribution in [0.5, 0.6) is 11.5 Å². The first-order valence-corrected chi connectivity index (χ1v) is 11.5. The van der Waals surface area contributed by atoms with Gasteiger partial charge in [-0.25, -0.2) is 0 Å². The monoisotopic (exact) mass is 453 g/mol. The molecule has 3 aromatic carbocycles. The minimum absolute atomic E-state index is 0.00474. The lowest BCUT2D eigenvalue weighted by molar-refractivity contribution is -0.141. The van der Waals surface area contributed by atoms with Crippen molar-refractivity contribution in [3.05, 3.63) is 95.1 Å². The van der Waals surface area contributed by atoms with E-state index in [2.05, 4.69) is 24.3 Å². The van der Waals surface area contributed by atoms with Crippen molar-refractivity contribution in [2.24, 2.45) is 11.8 Å². The molecule has 0 spiro atoms. The van der Waals surface area contributed by atoms with Gasteiger partial charge >= 0.3 is 5.97 Å². The van der Waals surface area contributed by atoms with Gasteiger partial charge in [-0.05, 0) is 34.4 Å². The van der Waals surface area contributed by atoms with Gasteiger partial charge in [0, 0.05) is 18.4 Å². The van der Waals surface area contributed by atoms with E-state index in [1.165, 1.54) is 12.0 Å². The van der Waals surface area contributed by atoms with Crippen molar-refractivity contribution in [2.75, 3.05) is 13.7 Å². The topological polar surface area (TPSA) is 72.9 Å². The Bertz CT molecular complexity index is 1220. The van der Waals surface area contributed by atoms with Crippen molar-refractivity contribution in [3.8, 4) is 11.5 Å². The van der Waals surface area contributed by atoms with Gasteiger partial charge in [0.25, 0.3) is 0 Å². The van der Waals surface area contributed by atoms with Crippen molar-refractivity contribution in [2.45, 2.75) is 18.3 Å². The smallest absolute Gasteiger partial charge is 0.313 e. The van der Waals surface area contributed by atoms with Crippen molar-refractivity contribution in [1.82, 2.24) is 4.90 Å². The average molecular weight is 453 g/mol. The zero-order chi connectivity index (χ0) is 23.4. The predicted molar refractivity (Wildman–Crippen MR) is 124 cm³/mol. The summed E-state index contributed by atoms with van der Waals surface area (Å²) in [4.78, 5) is 40.9. The third-order valence-electron chi connectivity index (χ3n) is 7.37. The molecule has 3 aliphatic carbocycles. The molecule has 0 N–H and O–H groups in total. The number of benzene rings is 3. The molecule has 1 saturated heterocycles. The average Bonchev–Trinajstić information content (AvgIpc) is 3.13. The van der Waals surface area contributed by atoms with Crippen LogP contribution in [0.15, 0.2) is 72.8 Å². The summed E-state index contributed by atoms with van der Waals surface area (Å²) < 4.78 is 10.6. The van der Waals surface area contributed by atoms with Gasteiger partial charge in [0.2, 0.25) is 11.8 Å². The number of imide groups is 1. The van der Waals surface area contributed by atoms with Gasteiger partial charge in [0.15, 0.2) is 11.5 Å². The Morgan fingerprint density at radius 1 is 0.735 bits per heavy atom. The molecule has 2 amide bonds. The Hall–Kier alpha value is -3.93. The number of methoxy groups -OCH3 is 1. The van der Waals surface area contributed by atoms with Gasteiger partial charge in [-0.15, -0.1) is 0 Å². The molecule has 4 aliphatic rings. The van der Waals surface area contributed by atoms with Gasteiger partial charge in [0.05, 0.1) is 25.4 Å². The van der Waals surface area contributed by atoms with Crippen LogP contribution in [-0.2, 0) is 14.4 Å². The van der Waals surface area contributed by atoms with Crippen LogP contribution in [-0.4, -0.2) is 36.3 Å². The maximum Gasteiger partial charge on any atom is 0.313 e. The van der Waals surface area contributed by atoms with E-state index in [1.807, 2.05) is 24.3 Å². The van der Waals surface area contributed by atoms with E-state index in [1.54, 1.807) is 24.3 Å². The molecule has 1 aliphatic heterocycles. The highest BCUT2D eigenvalue weighted by molar-refractivity contribution is 6.07. The number of esters is 1. The maximum absolute atomic E-state index is 13.6. The lowest BCUT2D eigenvalue weighted by Gasteiger charge is -2.45. The van der Waals surface area contributed by atoms with E-state index in [0.29, 0.717) is 11.5 Å². The van der Waals surface area contributed by atoms with Gasteiger partial charge < -0.3 is 9.47 Å². The van der Waals surface area contributed by atoms with E-state index < -0.39 is 17.8 Å². The van der Waals surface area contributed by atoms with Crippen LogP contribution in [0.2, 0.25) is 0 Å². The quantitative estimate of drug-likeness (QED) is 0.333. The molecule has 0 unspecified atom stereocenters. The molecular weight excluding hydrogens is 430 g/mol. The zero-order valence-electron chi connectivity index (χ0n) is 18.6. The Morgan fingerprint density at radius 3 is 1.65 bits per heavy atom. The molecule has 6 nitrogen and oxygen atoms in total. The molecular formula is C28H23NO5. The number of likely N-dealkylation sites (tertiary alicyclic amines) is 1. The Morgan fingerprint density at radius 2 is 1.18 bits per heavy atom. The largest absolute Gasteiger partial charge is 0.493 e. The molecule has 2 bridgehead atoms. The Labute approximate surface area is 197 Å². The first-order valence-electron chi connectivity index (χ1n) is 11.5. The van der Waals surface area contributed by atoms with E-state index in [4.69, 9.17) is 9.47 Å². The summed E-state index contributed by atoms with van der Waals surface area (Å²) in [6.45, 7) is 0.00474. The fraction of sp³-hybridized carbons (Fsp3) is 0.250. The lowest BCUT2D eigenvalue weighted by Crippen LogP contribution is -2.41. The van der Waals surface area contributed by atoms with Crippen molar-refractivity contribution in [3.63, 3.8) is 0 Å². The fourth-order valence-electron chi connectivity index (χ4n) is 6.04. The summed E-state index contributed by atoms with van der Waals surface area (Å²) in [6.07, 6.45) is -0.0792. The molecule has 1 heterocycles. The fourth-order valence-corrected chi connectivity index (χ4v) is 6.04. The van der Waals surface area contributed by atoms with Crippen LogP contribution in [0.25, 0.3) is 0 Å². The minimum atomic E-state index is -0.519. The van der Waals surface area contributed by atoms with Crippen molar-refractivity contribution in [1.29, 1.82) is 0 Å². The van der Waals surface area contributed by atoms with Gasteiger partial charge in [-0.1, -0.05) is 60.7 Å². The van der Waals surface area contributed by atoms with Crippen LogP contribution in [0.4, 0.5) is 0 Å². The molecule has 1 fully saturated rings. The maximum atomic E-state index is 13.6. The summed E-state index contributed by atoms with van der Waals surface area (Å²) in [5.74, 6) is -1.32. The highest BCUT2D eigenvalue weighted by Crippen LogP contribution is 2.60. The third-order valence-corrected chi connectivity index (χ3v) is 7.37. The van der Waals surface area contributed by atoms with E-state index in [-0.39, 0.29) is 36.6 Å². The first-order chi connectivity index (χ1) is 16.6. The number of carbonyl (C=O) groups excluding carboxylic acids is 3. The second kappa shape index (κ2) is 7.83. The lowest BCUT2D eigenvalue weighted by atomic mass is 9.55. The number of amides is 2. The Balaban J connectivity index is 1.27. The highest BCUT2D eigenvalue weighted by Gasteiger charge is 2.61. The van der Waals surface area contributed by atoms with E-state index in [9.17, 15) is 14.4 Å². The first kappa shape index (κ1) is 20.7. The summed E-state index contributed by atoms with van der Waals surface area (Å²) in [6, 6.07) is 23.1. The Kier molecular flexibility index (Phi) is 4.76. The standard InChI is InChI=1S/C28H23NO5/c1-33-20-12-6-7-13-21(20)34-22(30)14-15-29-27(31)25-23-16-8-2-3-9-17(16)24(26(25)28(29)32)19-11-5-4-10-18(19)23/h2-13,23-26H,14-15H2,1H3/t23?,24?,25-,26+. The number of hydrogen-bond donors (Lipinski definition) is 0. The SMILES string of the molecule is COc1ccccc1OC(=O)CCN1C(=O)[C@@H]2C3c4ccccc4C(c4ccccc43)[C@@H]2C1=O. The second-order valence-corrected chi connectivity index (χ2v) is 8.97. The van der Waals surface area contributed by atoms with Gasteiger partial charge in [-0.3, -0.25) is 19.3 Å². The molecule has 2 atom stereocenters. The molecule has 0 saturated carbocycles. The molecule has 0 aromatic heterocycles. The predicted octanol–water partition coefficient (Wildman–Crippen LogP) is 3.88. The minimum Gasteiger partial charge on any atom is -0.493 e. The molecule has 3 aromatic rings. The molecule has 0 radical (unpaired) electrons.